The Morgan fingerprint density at radius 3 is 2.35 bits per heavy atom. The van der Waals surface area contributed by atoms with Gasteiger partial charge in [0.25, 0.3) is 0 Å². The molecule has 1 atom stereocenters. The normalized spacial score (nSPS) is 20.3. The second kappa shape index (κ2) is 6.05. The smallest absolute Gasteiger partial charge is 0.329 e. The first-order valence-electron chi connectivity index (χ1n) is 6.36. The summed E-state index contributed by atoms with van der Waals surface area (Å²) in [5, 5.41) is 3.31. The zero-order valence-electron chi connectivity index (χ0n) is 10.4. The Labute approximate surface area is 101 Å². The molecule has 0 bridgehead atoms. The maximum absolute atomic E-state index is 12.0. The summed E-state index contributed by atoms with van der Waals surface area (Å²) in [4.78, 5) is 0. The number of nitrogens with one attached hydrogen (secondary N) is 1. The molecule has 1 unspecified atom stereocenters. The molecule has 1 rings (SSSR count). The van der Waals surface area contributed by atoms with Crippen LogP contribution in [0.25, 0.3) is 0 Å². The van der Waals surface area contributed by atoms with Crippen LogP contribution in [0.3, 0.4) is 0 Å². The highest BCUT2D eigenvalue weighted by molar-refractivity contribution is 4.85. The molecular formula is C12H23F3N2. The molecule has 1 aliphatic rings. The lowest BCUT2D eigenvalue weighted by molar-refractivity contribution is -0.136. The van der Waals surface area contributed by atoms with E-state index in [1.807, 2.05) is 6.92 Å². The maximum Gasteiger partial charge on any atom is 0.389 e. The van der Waals surface area contributed by atoms with Crippen molar-refractivity contribution in [1.29, 1.82) is 0 Å². The average Bonchev–Trinajstić information content (AvgIpc) is 3.00. The van der Waals surface area contributed by atoms with E-state index in [1.165, 1.54) is 12.8 Å². The number of nitrogens with two attached hydrogens (primary N) is 1. The Kier molecular flexibility index (Phi) is 5.25. The molecule has 1 fully saturated rings. The molecule has 0 aromatic carbocycles. The van der Waals surface area contributed by atoms with E-state index in [0.717, 1.165) is 18.9 Å². The van der Waals surface area contributed by atoms with Crippen LogP contribution in [0.1, 0.15) is 45.4 Å². The zero-order valence-corrected chi connectivity index (χ0v) is 10.4. The lowest BCUT2D eigenvalue weighted by Gasteiger charge is -2.30. The van der Waals surface area contributed by atoms with Crippen molar-refractivity contribution in [3.63, 3.8) is 0 Å². The highest BCUT2D eigenvalue weighted by Crippen LogP contribution is 2.32. The highest BCUT2D eigenvalue weighted by atomic mass is 19.4. The van der Waals surface area contributed by atoms with E-state index < -0.39 is 12.6 Å². The molecule has 0 spiro atoms. The van der Waals surface area contributed by atoms with Gasteiger partial charge in [0.05, 0.1) is 0 Å². The SMILES string of the molecule is CC(CN)(CCCC(F)(F)F)NCCC1CC1. The molecule has 3 N–H and O–H groups in total. The molecule has 0 saturated heterocycles. The van der Waals surface area contributed by atoms with Crippen molar-refractivity contribution in [2.75, 3.05) is 13.1 Å². The summed E-state index contributed by atoms with van der Waals surface area (Å²) >= 11 is 0. The fourth-order valence-electron chi connectivity index (χ4n) is 1.93. The van der Waals surface area contributed by atoms with Crippen LogP contribution in [0, 0.1) is 5.92 Å². The number of halogens is 3. The van der Waals surface area contributed by atoms with Gasteiger partial charge in [-0.15, -0.1) is 0 Å². The molecule has 0 amide bonds. The van der Waals surface area contributed by atoms with Gasteiger partial charge >= 0.3 is 6.18 Å². The van der Waals surface area contributed by atoms with Gasteiger partial charge in [0, 0.05) is 18.5 Å². The molecule has 0 aliphatic heterocycles. The van der Waals surface area contributed by atoms with Crippen LogP contribution < -0.4 is 11.1 Å². The first kappa shape index (κ1) is 14.8. The monoisotopic (exact) mass is 252 g/mol. The quantitative estimate of drug-likeness (QED) is 0.697. The summed E-state index contributed by atoms with van der Waals surface area (Å²) in [5.74, 6) is 0.833. The second-order valence-corrected chi connectivity index (χ2v) is 5.39. The van der Waals surface area contributed by atoms with Gasteiger partial charge in [-0.1, -0.05) is 12.8 Å². The van der Waals surface area contributed by atoms with E-state index in [-0.39, 0.29) is 12.0 Å². The van der Waals surface area contributed by atoms with Gasteiger partial charge in [-0.3, -0.25) is 0 Å². The van der Waals surface area contributed by atoms with Gasteiger partial charge < -0.3 is 11.1 Å². The minimum Gasteiger partial charge on any atom is -0.329 e. The maximum atomic E-state index is 12.0. The van der Waals surface area contributed by atoms with Crippen molar-refractivity contribution in [2.24, 2.45) is 11.7 Å². The zero-order chi connectivity index (χ0) is 12.9. The third-order valence-electron chi connectivity index (χ3n) is 3.44. The molecule has 2 nitrogen and oxygen atoms in total. The van der Waals surface area contributed by atoms with Crippen LogP contribution in [0.4, 0.5) is 13.2 Å². The van der Waals surface area contributed by atoms with Crippen LogP contribution in [0.5, 0.6) is 0 Å². The lowest BCUT2D eigenvalue weighted by Crippen LogP contribution is -2.49. The van der Waals surface area contributed by atoms with Gasteiger partial charge in [0.1, 0.15) is 0 Å². The molecule has 0 heterocycles. The van der Waals surface area contributed by atoms with Gasteiger partial charge in [0.15, 0.2) is 0 Å². The minimum absolute atomic E-state index is 0.146. The number of hydrogen-bond acceptors (Lipinski definition) is 2. The fourth-order valence-corrected chi connectivity index (χ4v) is 1.93. The van der Waals surface area contributed by atoms with Crippen LogP contribution in [-0.2, 0) is 0 Å². The average molecular weight is 252 g/mol. The van der Waals surface area contributed by atoms with Crippen molar-refractivity contribution in [3.05, 3.63) is 0 Å². The summed E-state index contributed by atoms with van der Waals surface area (Å²) in [7, 11) is 0. The van der Waals surface area contributed by atoms with Crippen LogP contribution in [0.2, 0.25) is 0 Å². The fraction of sp³-hybridized carbons (Fsp3) is 1.00. The van der Waals surface area contributed by atoms with E-state index in [1.54, 1.807) is 0 Å². The van der Waals surface area contributed by atoms with E-state index in [0.29, 0.717) is 13.0 Å². The van der Waals surface area contributed by atoms with E-state index in [2.05, 4.69) is 5.32 Å². The van der Waals surface area contributed by atoms with Crippen LogP contribution >= 0.6 is 0 Å². The molecule has 0 aromatic rings. The standard InChI is InChI=1S/C12H23F3N2/c1-11(9-16,6-2-7-12(13,14)15)17-8-5-10-3-4-10/h10,17H,2-9,16H2,1H3. The largest absolute Gasteiger partial charge is 0.389 e. The van der Waals surface area contributed by atoms with Gasteiger partial charge in [-0.05, 0) is 38.6 Å². The first-order chi connectivity index (χ1) is 7.85. The number of rotatable bonds is 8. The molecular weight excluding hydrogens is 229 g/mol. The minimum atomic E-state index is -4.05. The van der Waals surface area contributed by atoms with Crippen LogP contribution in [-0.4, -0.2) is 24.8 Å². The van der Waals surface area contributed by atoms with Gasteiger partial charge in [0.2, 0.25) is 0 Å². The summed E-state index contributed by atoms with van der Waals surface area (Å²) in [6.45, 7) is 3.16. The number of hydrogen-bond donors (Lipinski definition) is 2. The lowest BCUT2D eigenvalue weighted by atomic mass is 9.94. The molecule has 0 aromatic heterocycles. The molecule has 5 heteroatoms. The molecule has 1 aliphatic carbocycles. The van der Waals surface area contributed by atoms with Crippen molar-refractivity contribution in [2.45, 2.75) is 57.2 Å². The summed E-state index contributed by atoms with van der Waals surface area (Å²) in [6, 6.07) is 0. The van der Waals surface area contributed by atoms with Crippen molar-refractivity contribution < 1.29 is 13.2 Å². The summed E-state index contributed by atoms with van der Waals surface area (Å²) in [6.07, 6.45) is -0.420. The van der Waals surface area contributed by atoms with Gasteiger partial charge in [-0.25, -0.2) is 0 Å². The van der Waals surface area contributed by atoms with E-state index in [4.69, 9.17) is 5.73 Å². The third kappa shape index (κ3) is 6.88. The van der Waals surface area contributed by atoms with Crippen LogP contribution in [0.15, 0.2) is 0 Å². The number of alkyl halides is 3. The van der Waals surface area contributed by atoms with Crippen molar-refractivity contribution in [1.82, 2.24) is 5.32 Å². The predicted octanol–water partition coefficient (Wildman–Crippen LogP) is 2.83. The Balaban J connectivity index is 2.18. The predicted molar refractivity (Wildman–Crippen MR) is 62.7 cm³/mol. The van der Waals surface area contributed by atoms with Crippen molar-refractivity contribution >= 4 is 0 Å². The highest BCUT2D eigenvalue weighted by Gasteiger charge is 2.29. The summed E-state index contributed by atoms with van der Waals surface area (Å²) in [5.41, 5.74) is 5.30. The van der Waals surface area contributed by atoms with E-state index in [9.17, 15) is 13.2 Å². The molecule has 1 saturated carbocycles. The first-order valence-corrected chi connectivity index (χ1v) is 6.36. The third-order valence-corrected chi connectivity index (χ3v) is 3.44. The molecule has 102 valence electrons. The Morgan fingerprint density at radius 1 is 1.24 bits per heavy atom. The second-order valence-electron chi connectivity index (χ2n) is 5.39. The molecule has 0 radical (unpaired) electrons. The topological polar surface area (TPSA) is 38.0 Å². The van der Waals surface area contributed by atoms with E-state index >= 15 is 0 Å². The van der Waals surface area contributed by atoms with Gasteiger partial charge in [-0.2, -0.15) is 13.2 Å². The summed E-state index contributed by atoms with van der Waals surface area (Å²) < 4.78 is 36.1. The molecule has 17 heavy (non-hydrogen) atoms. The Hall–Kier alpha value is -0.290. The Morgan fingerprint density at radius 2 is 1.88 bits per heavy atom. The Bertz CT molecular complexity index is 226. The van der Waals surface area contributed by atoms with Crippen molar-refractivity contribution in [3.8, 4) is 0 Å².